The van der Waals surface area contributed by atoms with Crippen LogP contribution in [-0.4, -0.2) is 326 Å². The fraction of sp³-hybridized carbons (Fsp3) is 0.938. The van der Waals surface area contributed by atoms with Gasteiger partial charge in [0.15, 0.2) is 37.6 Å². The maximum absolute atomic E-state index is 15.4. The number of carbonyl (C=O) groups is 2. The largest absolute Gasteiger partial charge is 0.479 e. The summed E-state index contributed by atoms with van der Waals surface area (Å²) in [6, 6.07) is 0. The maximum atomic E-state index is 15.4. The number of ether oxygens (including phenoxy) is 12. The Morgan fingerprint density at radius 3 is 1.44 bits per heavy atom. The van der Waals surface area contributed by atoms with E-state index in [1.807, 2.05) is 0 Å². The minimum atomic E-state index is -2.07. The first-order valence-corrected chi connectivity index (χ1v) is 34.3. The van der Waals surface area contributed by atoms with Crippen molar-refractivity contribution in [1.82, 2.24) is 0 Å². The van der Waals surface area contributed by atoms with Crippen molar-refractivity contribution < 1.29 is 163 Å². The molecule has 0 aromatic rings. The van der Waals surface area contributed by atoms with Gasteiger partial charge in [-0.25, -0.2) is 4.79 Å². The molecule has 0 radical (unpaired) electrons. The van der Waals surface area contributed by atoms with E-state index >= 15 is 4.79 Å². The van der Waals surface area contributed by atoms with Gasteiger partial charge in [-0.2, -0.15) is 0 Å². The zero-order chi connectivity index (χ0) is 71.6. The Balaban J connectivity index is 0.793. The van der Waals surface area contributed by atoms with Gasteiger partial charge in [-0.15, -0.1) is 0 Å². The predicted octanol–water partition coefficient (Wildman–Crippen LogP) is -5.66. The number of carboxylic acids is 1. The molecule has 0 bridgehead atoms. The molecule has 562 valence electrons. The summed E-state index contributed by atoms with van der Waals surface area (Å²) in [7, 11) is 0. The summed E-state index contributed by atoms with van der Waals surface area (Å²) < 4.78 is 70.8. The number of aliphatic hydroxyl groups is 18. The lowest BCUT2D eigenvalue weighted by Gasteiger charge is -2.71. The van der Waals surface area contributed by atoms with Gasteiger partial charge in [-0.05, 0) is 109 Å². The van der Waals surface area contributed by atoms with E-state index in [0.29, 0.717) is 57.8 Å². The Hall–Kier alpha value is -2.48. The molecular weight excluding hydrogens is 1310 g/mol. The molecule has 0 aromatic heterocycles. The first kappa shape index (κ1) is 76.6. The van der Waals surface area contributed by atoms with Crippen molar-refractivity contribution in [2.75, 3.05) is 33.0 Å². The molecular formula is C65H104O33. The fourth-order valence-electron chi connectivity index (χ4n) is 19.0. The Morgan fingerprint density at radius 1 is 0.459 bits per heavy atom. The Labute approximate surface area is 565 Å². The second-order valence-electron chi connectivity index (χ2n) is 31.5. The van der Waals surface area contributed by atoms with E-state index < -0.39 is 245 Å². The molecule has 33 heteroatoms. The highest BCUT2D eigenvalue weighted by atomic mass is 16.8. The number of esters is 1. The van der Waals surface area contributed by atoms with Gasteiger partial charge in [0.25, 0.3) is 0 Å². The topological polar surface area (TPSA) is 529 Å². The first-order chi connectivity index (χ1) is 45.9. The van der Waals surface area contributed by atoms with Crippen LogP contribution in [0.4, 0.5) is 0 Å². The van der Waals surface area contributed by atoms with Gasteiger partial charge >= 0.3 is 11.9 Å². The van der Waals surface area contributed by atoms with Crippen LogP contribution in [0, 0.1) is 50.2 Å². The number of carbonyl (C=O) groups excluding carboxylic acids is 1. The highest BCUT2D eigenvalue weighted by Crippen LogP contribution is 2.76. The van der Waals surface area contributed by atoms with Crippen molar-refractivity contribution in [2.45, 2.75) is 297 Å². The normalized spacial score (nSPS) is 53.1. The molecule has 0 aromatic carbocycles. The van der Waals surface area contributed by atoms with Crippen molar-refractivity contribution in [1.29, 1.82) is 0 Å². The lowest BCUT2D eigenvalue weighted by Crippen LogP contribution is -2.68. The summed E-state index contributed by atoms with van der Waals surface area (Å²) in [5.74, 6) is -2.69. The molecule has 6 saturated heterocycles. The number of allylic oxidation sites excluding steroid dienone is 2. The minimum Gasteiger partial charge on any atom is -0.479 e. The van der Waals surface area contributed by atoms with Gasteiger partial charge in [-0.3, -0.25) is 4.79 Å². The molecule has 11 rings (SSSR count). The summed E-state index contributed by atoms with van der Waals surface area (Å²) in [6.07, 6.45) is -44.6. The van der Waals surface area contributed by atoms with E-state index in [0.717, 1.165) is 12.0 Å². The van der Waals surface area contributed by atoms with Crippen LogP contribution in [0.15, 0.2) is 11.6 Å². The van der Waals surface area contributed by atoms with Crippen molar-refractivity contribution in [3.8, 4) is 0 Å². The first-order valence-electron chi connectivity index (χ1n) is 34.3. The van der Waals surface area contributed by atoms with E-state index in [1.165, 1.54) is 0 Å². The Bertz CT molecular complexity index is 2800. The second kappa shape index (κ2) is 28.8. The average molecular weight is 1410 g/mol. The fourth-order valence-corrected chi connectivity index (χ4v) is 19.0. The van der Waals surface area contributed by atoms with Gasteiger partial charge in [0, 0.05) is 0 Å². The zero-order valence-electron chi connectivity index (χ0n) is 55.9. The van der Waals surface area contributed by atoms with Gasteiger partial charge < -0.3 is 154 Å². The van der Waals surface area contributed by atoms with E-state index in [1.54, 1.807) is 0 Å². The summed E-state index contributed by atoms with van der Waals surface area (Å²) >= 11 is 0. The second-order valence-corrected chi connectivity index (χ2v) is 31.5. The molecule has 33 nitrogen and oxygen atoms in total. The zero-order valence-corrected chi connectivity index (χ0v) is 55.9. The monoisotopic (exact) mass is 1410 g/mol. The van der Waals surface area contributed by atoms with Crippen molar-refractivity contribution in [2.24, 2.45) is 50.2 Å². The molecule has 4 saturated carbocycles. The van der Waals surface area contributed by atoms with Gasteiger partial charge in [0.2, 0.25) is 6.29 Å². The lowest BCUT2D eigenvalue weighted by molar-refractivity contribution is -0.383. The van der Waals surface area contributed by atoms with Crippen molar-refractivity contribution in [3.05, 3.63) is 11.6 Å². The number of aliphatic carboxylic acids is 1. The Morgan fingerprint density at radius 2 is 0.908 bits per heavy atom. The number of hydrogen-bond donors (Lipinski definition) is 19. The number of carboxylic acid groups (broad SMARTS) is 1. The van der Waals surface area contributed by atoms with Crippen LogP contribution >= 0.6 is 0 Å². The van der Waals surface area contributed by atoms with E-state index in [9.17, 15) is 102 Å². The van der Waals surface area contributed by atoms with E-state index in [2.05, 4.69) is 54.5 Å². The third kappa shape index (κ3) is 13.2. The lowest BCUT2D eigenvalue weighted by atomic mass is 9.33. The molecule has 11 aliphatic rings. The van der Waals surface area contributed by atoms with Crippen LogP contribution in [-0.2, 0) is 66.4 Å². The summed E-state index contributed by atoms with van der Waals surface area (Å²) in [5, 5.41) is 204. The van der Waals surface area contributed by atoms with Crippen LogP contribution < -0.4 is 0 Å². The standard InChI is InChI=1S/C65H104O33/c1-60(2)14-16-65(59(86)98-57-47(82)42(77)38(73)30(93-57)23-88-54-45(80)41(76)37(72)29(92-54)22-87-53-44(79)39(74)34(69)26(19-66)89-53)17-15-63(6)24(25(65)18-60)8-9-32-62(5)12-11-33(61(3,4)31(62)10-13-64(32,63)7)94-58-50(96-56-46(81)40(75)35(70)27(20-67)90-56)48(83)49(51(97-58)52(84)85)95-55-43(78)36(71)28(21-68)91-55/h8,25-51,53-58,66-83H,9-23H2,1-7H3,(H,84,85)/t25-,26+,27+,28-,29+,30+,31-,32-,33-,34+,35+,36+,37+,38+,39-,40-,41-,42-,43+,44+,45+,46+,47+,48-,49-,50+,51-,53+,54+,55-,56-,57-,58+,62-,63+,64+,65-/m0/s1. The molecule has 6 heterocycles. The average Bonchev–Trinajstić information content (AvgIpc) is 0.716. The van der Waals surface area contributed by atoms with Crippen LogP contribution in [0.5, 0.6) is 0 Å². The molecule has 0 unspecified atom stereocenters. The third-order valence-electron chi connectivity index (χ3n) is 25.2. The summed E-state index contributed by atoms with van der Waals surface area (Å²) in [6.45, 7) is 11.6. The summed E-state index contributed by atoms with van der Waals surface area (Å²) in [4.78, 5) is 28.5. The van der Waals surface area contributed by atoms with E-state index in [-0.39, 0.29) is 34.0 Å². The van der Waals surface area contributed by atoms with Gasteiger partial charge in [0.1, 0.15) is 134 Å². The summed E-state index contributed by atoms with van der Waals surface area (Å²) in [5.41, 5.74) is -2.20. The number of aliphatic hydroxyl groups excluding tert-OH is 18. The molecule has 5 aliphatic carbocycles. The SMILES string of the molecule is CC1(C)CC[C@]2(C(=O)O[C@@H]3O[C@H](CO[C@@H]4O[C@H](CO[C@@H]5O[C@H](CO)[C@@H](O)[C@H](O)[C@H]5O)[C@@H](O)[C@H](O)[C@H]4O)[C@@H](O)[C@H](O)[C@H]3O)CC[C@]3(C)C(=CC[C@H]4[C@@]5(C)CC[C@H](O[C@@H]6O[C@H](C(=O)O)[C@@H](O[C@@H]7O[C@@H](CO)[C@@H](O)[C@H]7O)[C@H](O)[C@H]6O[C@@H]6O[C@H](CO)[C@@H](O)[C@H](O)[C@H]6O)C(C)(C)[C@@H]5CC[C@]43C)[C@@H]2C1. The van der Waals surface area contributed by atoms with Crippen molar-refractivity contribution >= 4 is 11.9 Å². The highest BCUT2D eigenvalue weighted by Gasteiger charge is 2.71. The number of rotatable bonds is 18. The van der Waals surface area contributed by atoms with Gasteiger partial charge in [0.05, 0.1) is 44.6 Å². The maximum Gasteiger partial charge on any atom is 0.335 e. The van der Waals surface area contributed by atoms with Crippen LogP contribution in [0.25, 0.3) is 0 Å². The number of hydrogen-bond acceptors (Lipinski definition) is 32. The van der Waals surface area contributed by atoms with Crippen LogP contribution in [0.3, 0.4) is 0 Å². The predicted molar refractivity (Wildman–Crippen MR) is 323 cm³/mol. The van der Waals surface area contributed by atoms with E-state index in [4.69, 9.17) is 56.8 Å². The Kier molecular flexibility index (Phi) is 22.5. The minimum absolute atomic E-state index is 0.0576. The van der Waals surface area contributed by atoms with Gasteiger partial charge in [-0.1, -0.05) is 60.1 Å². The number of fused-ring (bicyclic) bond motifs is 7. The molecule has 98 heavy (non-hydrogen) atoms. The molecule has 0 amide bonds. The molecule has 19 N–H and O–H groups in total. The quantitative estimate of drug-likeness (QED) is 0.0346. The van der Waals surface area contributed by atoms with Crippen LogP contribution in [0.1, 0.15) is 113 Å². The molecule has 6 aliphatic heterocycles. The third-order valence-corrected chi connectivity index (χ3v) is 25.2. The molecule has 0 spiro atoms. The molecule has 37 atom stereocenters. The smallest absolute Gasteiger partial charge is 0.335 e. The van der Waals surface area contributed by atoms with Crippen LogP contribution in [0.2, 0.25) is 0 Å². The van der Waals surface area contributed by atoms with Crippen molar-refractivity contribution in [3.63, 3.8) is 0 Å². The highest BCUT2D eigenvalue weighted by molar-refractivity contribution is 5.79. The molecule has 10 fully saturated rings.